The first kappa shape index (κ1) is 15.8. The molecule has 2 aromatic rings. The van der Waals surface area contributed by atoms with Gasteiger partial charge in [0.2, 0.25) is 10.0 Å². The van der Waals surface area contributed by atoms with E-state index in [0.717, 1.165) is 24.2 Å². The second-order valence-corrected chi connectivity index (χ2v) is 8.66. The van der Waals surface area contributed by atoms with Crippen LogP contribution in [0.15, 0.2) is 59.5 Å². The molecule has 4 nitrogen and oxygen atoms in total. The monoisotopic (exact) mass is 342 g/mol. The molecule has 0 aliphatic carbocycles. The molecule has 0 amide bonds. The molecule has 0 saturated carbocycles. The number of nitrogens with zero attached hydrogens (tertiary/aromatic N) is 1. The zero-order chi connectivity index (χ0) is 16.7. The number of fused-ring (bicyclic) bond motifs is 1. The van der Waals surface area contributed by atoms with Crippen LogP contribution in [-0.4, -0.2) is 32.4 Å². The van der Waals surface area contributed by atoms with Gasteiger partial charge in [-0.05, 0) is 48.6 Å². The largest absolute Gasteiger partial charge is 0.316 e. The summed E-state index contributed by atoms with van der Waals surface area (Å²) in [4.78, 5) is 0.386. The molecule has 0 unspecified atom stereocenters. The first-order valence-corrected chi connectivity index (χ1v) is 9.86. The molecule has 1 N–H and O–H groups in total. The molecular weight excluding hydrogens is 320 g/mol. The summed E-state index contributed by atoms with van der Waals surface area (Å²) in [5.41, 5.74) is 2.29. The molecule has 2 aliphatic heterocycles. The van der Waals surface area contributed by atoms with E-state index >= 15 is 0 Å². The van der Waals surface area contributed by atoms with Crippen LogP contribution in [0.5, 0.6) is 0 Å². The van der Waals surface area contributed by atoms with E-state index in [1.54, 1.807) is 28.6 Å². The van der Waals surface area contributed by atoms with Gasteiger partial charge in [0.05, 0.1) is 10.9 Å². The van der Waals surface area contributed by atoms with Crippen LogP contribution in [0.2, 0.25) is 0 Å². The van der Waals surface area contributed by atoms with E-state index in [4.69, 9.17) is 0 Å². The maximum absolute atomic E-state index is 13.3. The second kappa shape index (κ2) is 5.99. The maximum atomic E-state index is 13.3. The van der Waals surface area contributed by atoms with E-state index < -0.39 is 10.0 Å². The maximum Gasteiger partial charge on any atom is 0.243 e. The highest BCUT2D eigenvalue weighted by Gasteiger charge is 2.49. The first-order valence-electron chi connectivity index (χ1n) is 8.42. The van der Waals surface area contributed by atoms with Crippen molar-refractivity contribution in [2.24, 2.45) is 11.8 Å². The Labute approximate surface area is 143 Å². The van der Waals surface area contributed by atoms with Crippen LogP contribution in [0.25, 0.3) is 0 Å². The Bertz CT molecular complexity index is 835. The molecule has 0 radical (unpaired) electrons. The fraction of sp³-hybridized carbons (Fsp3) is 0.368. The van der Waals surface area contributed by atoms with Crippen LogP contribution in [0.3, 0.4) is 0 Å². The standard InChI is InChI=1S/C19H22N2O2S/c1-14-7-5-6-10-17(14)19-18-12-20-11-15(18)13-21(19)24(22,23)16-8-3-2-4-9-16/h2-10,15,18-20H,11-13H2,1H3/t15-,18-,19+/m0/s1. The van der Waals surface area contributed by atoms with Crippen molar-refractivity contribution in [1.82, 2.24) is 9.62 Å². The summed E-state index contributed by atoms with van der Waals surface area (Å²) in [6.45, 7) is 4.44. The molecule has 0 spiro atoms. The van der Waals surface area contributed by atoms with Crippen molar-refractivity contribution in [2.75, 3.05) is 19.6 Å². The lowest BCUT2D eigenvalue weighted by molar-refractivity contribution is 0.344. The first-order chi connectivity index (χ1) is 11.6. The zero-order valence-corrected chi connectivity index (χ0v) is 14.5. The van der Waals surface area contributed by atoms with E-state index in [-0.39, 0.29) is 6.04 Å². The Hall–Kier alpha value is -1.69. The van der Waals surface area contributed by atoms with Gasteiger partial charge in [-0.15, -0.1) is 0 Å². The average molecular weight is 342 g/mol. The van der Waals surface area contributed by atoms with E-state index in [9.17, 15) is 8.42 Å². The smallest absolute Gasteiger partial charge is 0.243 e. The van der Waals surface area contributed by atoms with Crippen LogP contribution in [0, 0.1) is 18.8 Å². The summed E-state index contributed by atoms with van der Waals surface area (Å²) < 4.78 is 28.3. The Balaban J connectivity index is 1.81. The zero-order valence-electron chi connectivity index (χ0n) is 13.7. The Kier molecular flexibility index (Phi) is 3.95. The molecule has 2 aromatic carbocycles. The van der Waals surface area contributed by atoms with Crippen molar-refractivity contribution >= 4 is 10.0 Å². The van der Waals surface area contributed by atoms with Crippen molar-refractivity contribution in [3.05, 3.63) is 65.7 Å². The quantitative estimate of drug-likeness (QED) is 0.933. The minimum atomic E-state index is -3.49. The number of hydrogen-bond donors (Lipinski definition) is 1. The third kappa shape index (κ3) is 2.48. The number of benzene rings is 2. The van der Waals surface area contributed by atoms with Crippen molar-refractivity contribution in [3.63, 3.8) is 0 Å². The fourth-order valence-electron chi connectivity index (χ4n) is 4.16. The number of nitrogens with one attached hydrogen (secondary N) is 1. The van der Waals surface area contributed by atoms with Gasteiger partial charge in [0.15, 0.2) is 0 Å². The van der Waals surface area contributed by atoms with Gasteiger partial charge < -0.3 is 5.32 Å². The summed E-state index contributed by atoms with van der Waals surface area (Å²) >= 11 is 0. The van der Waals surface area contributed by atoms with E-state index in [1.165, 1.54) is 0 Å². The molecular formula is C19H22N2O2S. The van der Waals surface area contributed by atoms with Crippen molar-refractivity contribution in [3.8, 4) is 0 Å². The van der Waals surface area contributed by atoms with Gasteiger partial charge in [-0.25, -0.2) is 8.42 Å². The van der Waals surface area contributed by atoms with Crippen molar-refractivity contribution in [1.29, 1.82) is 0 Å². The van der Waals surface area contributed by atoms with Gasteiger partial charge in [-0.2, -0.15) is 4.31 Å². The molecule has 0 aromatic heterocycles. The minimum absolute atomic E-state index is 0.0867. The Morgan fingerprint density at radius 1 is 1.00 bits per heavy atom. The van der Waals surface area contributed by atoms with Crippen molar-refractivity contribution < 1.29 is 8.42 Å². The molecule has 2 fully saturated rings. The molecule has 126 valence electrons. The van der Waals surface area contributed by atoms with Gasteiger partial charge in [0.25, 0.3) is 0 Å². The predicted molar refractivity (Wildman–Crippen MR) is 94.1 cm³/mol. The van der Waals surface area contributed by atoms with E-state index in [1.807, 2.05) is 18.2 Å². The van der Waals surface area contributed by atoms with Gasteiger partial charge in [0, 0.05) is 13.1 Å². The lowest BCUT2D eigenvalue weighted by Gasteiger charge is -2.29. The third-order valence-electron chi connectivity index (χ3n) is 5.38. The molecule has 2 heterocycles. The number of hydrogen-bond acceptors (Lipinski definition) is 3. The van der Waals surface area contributed by atoms with Gasteiger partial charge >= 0.3 is 0 Å². The number of rotatable bonds is 3. The highest BCUT2D eigenvalue weighted by atomic mass is 32.2. The Morgan fingerprint density at radius 3 is 2.46 bits per heavy atom. The van der Waals surface area contributed by atoms with Gasteiger partial charge in [-0.1, -0.05) is 42.5 Å². The second-order valence-electron chi connectivity index (χ2n) is 6.77. The molecule has 3 atom stereocenters. The third-order valence-corrected chi connectivity index (χ3v) is 7.24. The summed E-state index contributed by atoms with van der Waals surface area (Å²) in [5, 5.41) is 3.43. The minimum Gasteiger partial charge on any atom is -0.316 e. The number of sulfonamides is 1. The molecule has 2 aliphatic rings. The van der Waals surface area contributed by atoms with Crippen LogP contribution in [0.1, 0.15) is 17.2 Å². The SMILES string of the molecule is Cc1ccccc1[C@@H]1[C@H]2CNC[C@H]2CN1S(=O)(=O)c1ccccc1. The van der Waals surface area contributed by atoms with Gasteiger partial charge in [-0.3, -0.25) is 0 Å². The molecule has 2 saturated heterocycles. The highest BCUT2D eigenvalue weighted by molar-refractivity contribution is 7.89. The van der Waals surface area contributed by atoms with E-state index in [0.29, 0.717) is 23.3 Å². The molecule has 0 bridgehead atoms. The average Bonchev–Trinajstić information content (AvgIpc) is 3.18. The lowest BCUT2D eigenvalue weighted by Crippen LogP contribution is -2.35. The van der Waals surface area contributed by atoms with Crippen LogP contribution >= 0.6 is 0 Å². The topological polar surface area (TPSA) is 49.4 Å². The van der Waals surface area contributed by atoms with Crippen LogP contribution in [0.4, 0.5) is 0 Å². The van der Waals surface area contributed by atoms with Crippen molar-refractivity contribution in [2.45, 2.75) is 17.9 Å². The summed E-state index contributed by atoms with van der Waals surface area (Å²) in [7, 11) is -3.49. The molecule has 24 heavy (non-hydrogen) atoms. The van der Waals surface area contributed by atoms with Crippen LogP contribution in [-0.2, 0) is 10.0 Å². The molecule has 5 heteroatoms. The highest BCUT2D eigenvalue weighted by Crippen LogP contribution is 2.46. The molecule has 4 rings (SSSR count). The normalized spacial score (nSPS) is 27.3. The number of aryl methyl sites for hydroxylation is 1. The van der Waals surface area contributed by atoms with Crippen LogP contribution < -0.4 is 5.32 Å². The summed E-state index contributed by atoms with van der Waals surface area (Å²) in [6.07, 6.45) is 0. The summed E-state index contributed by atoms with van der Waals surface area (Å²) in [6, 6.07) is 16.9. The predicted octanol–water partition coefficient (Wildman–Crippen LogP) is 2.58. The lowest BCUT2D eigenvalue weighted by atomic mass is 9.88. The summed E-state index contributed by atoms with van der Waals surface area (Å²) in [5.74, 6) is 0.720. The van der Waals surface area contributed by atoms with Gasteiger partial charge in [0.1, 0.15) is 0 Å². The fourth-order valence-corrected chi connectivity index (χ4v) is 5.89. The Morgan fingerprint density at radius 2 is 1.71 bits per heavy atom. The van der Waals surface area contributed by atoms with E-state index in [2.05, 4.69) is 24.4 Å².